The zero-order chi connectivity index (χ0) is 20.2. The van der Waals surface area contributed by atoms with Gasteiger partial charge < -0.3 is 9.64 Å². The normalized spacial score (nSPS) is 11.7. The van der Waals surface area contributed by atoms with Crippen molar-refractivity contribution in [3.63, 3.8) is 0 Å². The van der Waals surface area contributed by atoms with Gasteiger partial charge in [0.05, 0.1) is 12.0 Å². The number of ketones is 1. The Labute approximate surface area is 162 Å². The highest BCUT2D eigenvalue weighted by Gasteiger charge is 2.32. The Morgan fingerprint density at radius 1 is 1.15 bits per heavy atom. The lowest BCUT2D eigenvalue weighted by Gasteiger charge is -2.26. The highest BCUT2D eigenvalue weighted by molar-refractivity contribution is 6.03. The SMILES string of the molecule is CCN(C)C=Nc1cc(C)c(C(=O)C(C)(C)Oc2cccc(C)c2)cc1C. The molecule has 4 heteroatoms. The summed E-state index contributed by atoms with van der Waals surface area (Å²) >= 11 is 0. The van der Waals surface area contributed by atoms with Crippen LogP contribution in [0.5, 0.6) is 5.75 Å². The highest BCUT2D eigenvalue weighted by atomic mass is 16.5. The van der Waals surface area contributed by atoms with Crippen LogP contribution in [0.15, 0.2) is 41.4 Å². The first-order valence-electron chi connectivity index (χ1n) is 9.30. The van der Waals surface area contributed by atoms with Gasteiger partial charge in [0.1, 0.15) is 5.75 Å². The smallest absolute Gasteiger partial charge is 0.206 e. The third-order valence-electron chi connectivity index (χ3n) is 4.59. The number of hydrogen-bond donors (Lipinski definition) is 0. The molecule has 0 saturated heterocycles. The van der Waals surface area contributed by atoms with E-state index in [1.807, 2.05) is 89.3 Å². The Kier molecular flexibility index (Phi) is 6.42. The van der Waals surface area contributed by atoms with Gasteiger partial charge in [-0.2, -0.15) is 0 Å². The molecule has 2 aromatic rings. The molecule has 27 heavy (non-hydrogen) atoms. The first-order valence-corrected chi connectivity index (χ1v) is 9.30. The predicted molar refractivity (Wildman–Crippen MR) is 113 cm³/mol. The first kappa shape index (κ1) is 20.7. The zero-order valence-corrected chi connectivity index (χ0v) is 17.5. The number of aliphatic imine (C=N–C) groups is 1. The van der Waals surface area contributed by atoms with E-state index in [-0.39, 0.29) is 5.78 Å². The van der Waals surface area contributed by atoms with Crippen molar-refractivity contribution in [1.82, 2.24) is 4.90 Å². The number of rotatable bonds is 7. The van der Waals surface area contributed by atoms with Crippen molar-refractivity contribution in [3.05, 3.63) is 58.7 Å². The van der Waals surface area contributed by atoms with Crippen LogP contribution >= 0.6 is 0 Å². The summed E-state index contributed by atoms with van der Waals surface area (Å²) in [6.45, 7) is 12.5. The van der Waals surface area contributed by atoms with E-state index in [1.54, 1.807) is 0 Å². The predicted octanol–water partition coefficient (Wildman–Crippen LogP) is 5.26. The largest absolute Gasteiger partial charge is 0.480 e. The number of carbonyl (C=O) groups excluding carboxylic acids is 1. The van der Waals surface area contributed by atoms with E-state index in [4.69, 9.17) is 4.74 Å². The molecule has 0 atom stereocenters. The van der Waals surface area contributed by atoms with Crippen molar-refractivity contribution in [2.45, 2.75) is 47.1 Å². The minimum Gasteiger partial charge on any atom is -0.480 e. The van der Waals surface area contributed by atoms with Crippen molar-refractivity contribution in [3.8, 4) is 5.75 Å². The van der Waals surface area contributed by atoms with Crippen LogP contribution in [0.25, 0.3) is 0 Å². The van der Waals surface area contributed by atoms with Gasteiger partial charge in [0, 0.05) is 19.2 Å². The van der Waals surface area contributed by atoms with Crippen molar-refractivity contribution in [1.29, 1.82) is 0 Å². The van der Waals surface area contributed by atoms with Crippen molar-refractivity contribution < 1.29 is 9.53 Å². The van der Waals surface area contributed by atoms with Gasteiger partial charge in [-0.05, 0) is 82.5 Å². The van der Waals surface area contributed by atoms with Gasteiger partial charge in [-0.25, -0.2) is 4.99 Å². The maximum atomic E-state index is 13.2. The lowest BCUT2D eigenvalue weighted by molar-refractivity contribution is 0.0583. The number of carbonyl (C=O) groups is 1. The van der Waals surface area contributed by atoms with Crippen LogP contribution in [0.3, 0.4) is 0 Å². The Balaban J connectivity index is 2.29. The topological polar surface area (TPSA) is 41.9 Å². The van der Waals surface area contributed by atoms with Crippen LogP contribution in [0.1, 0.15) is 47.8 Å². The summed E-state index contributed by atoms with van der Waals surface area (Å²) in [5.74, 6) is 0.664. The van der Waals surface area contributed by atoms with Crippen LogP contribution in [-0.2, 0) is 0 Å². The lowest BCUT2D eigenvalue weighted by Crippen LogP contribution is -2.38. The number of benzene rings is 2. The molecule has 0 bridgehead atoms. The van der Waals surface area contributed by atoms with Gasteiger partial charge in [-0.3, -0.25) is 4.79 Å². The number of ether oxygens (including phenoxy) is 1. The molecule has 0 heterocycles. The van der Waals surface area contributed by atoms with E-state index in [9.17, 15) is 4.79 Å². The molecule has 0 aliphatic carbocycles. The maximum absolute atomic E-state index is 13.2. The van der Waals surface area contributed by atoms with E-state index in [2.05, 4.69) is 11.9 Å². The summed E-state index contributed by atoms with van der Waals surface area (Å²) in [5.41, 5.74) is 3.56. The second-order valence-electron chi connectivity index (χ2n) is 7.53. The van der Waals surface area contributed by atoms with Crippen molar-refractivity contribution in [2.24, 2.45) is 4.99 Å². The summed E-state index contributed by atoms with van der Waals surface area (Å²) < 4.78 is 6.03. The number of Topliss-reactive ketones (excluding diaryl/α,β-unsaturated/α-hetero) is 1. The van der Waals surface area contributed by atoms with Crippen LogP contribution in [0.2, 0.25) is 0 Å². The number of aryl methyl sites for hydroxylation is 3. The summed E-state index contributed by atoms with van der Waals surface area (Å²) in [4.78, 5) is 19.7. The van der Waals surface area contributed by atoms with E-state index in [0.717, 1.165) is 28.9 Å². The quantitative estimate of drug-likeness (QED) is 0.381. The summed E-state index contributed by atoms with van der Waals surface area (Å²) in [6.07, 6.45) is 1.81. The molecule has 4 nitrogen and oxygen atoms in total. The van der Waals surface area contributed by atoms with Gasteiger partial charge >= 0.3 is 0 Å². The Morgan fingerprint density at radius 2 is 1.85 bits per heavy atom. The number of nitrogens with zero attached hydrogens (tertiary/aromatic N) is 2. The van der Waals surface area contributed by atoms with Crippen LogP contribution < -0.4 is 4.74 Å². The molecule has 2 rings (SSSR count). The fraction of sp³-hybridized carbons (Fsp3) is 0.391. The minimum atomic E-state index is -0.960. The third-order valence-corrected chi connectivity index (χ3v) is 4.59. The summed E-state index contributed by atoms with van der Waals surface area (Å²) in [7, 11) is 1.98. The zero-order valence-electron chi connectivity index (χ0n) is 17.5. The standard InChI is InChI=1S/C23H30N2O2/c1-8-25(7)15-24-21-14-17(3)20(13-18(21)4)22(26)23(5,6)27-19-11-9-10-16(2)12-19/h9-15H,8H2,1-7H3. The molecular formula is C23H30N2O2. The molecule has 0 saturated carbocycles. The van der Waals surface area contributed by atoms with Gasteiger partial charge in [0.2, 0.25) is 5.78 Å². The molecule has 0 fully saturated rings. The van der Waals surface area contributed by atoms with Gasteiger partial charge in [-0.1, -0.05) is 12.1 Å². The fourth-order valence-electron chi connectivity index (χ4n) is 2.77. The molecule has 144 valence electrons. The lowest BCUT2D eigenvalue weighted by atomic mass is 9.91. The maximum Gasteiger partial charge on any atom is 0.206 e. The molecule has 0 N–H and O–H groups in total. The average Bonchev–Trinajstić information content (AvgIpc) is 2.60. The molecule has 0 aromatic heterocycles. The fourth-order valence-corrected chi connectivity index (χ4v) is 2.77. The monoisotopic (exact) mass is 366 g/mol. The van der Waals surface area contributed by atoms with Gasteiger partial charge in [0.25, 0.3) is 0 Å². The molecule has 0 radical (unpaired) electrons. The molecule has 0 aliphatic heterocycles. The first-order chi connectivity index (χ1) is 12.6. The number of hydrogen-bond acceptors (Lipinski definition) is 3. The van der Waals surface area contributed by atoms with Gasteiger partial charge in [0.15, 0.2) is 5.60 Å². The highest BCUT2D eigenvalue weighted by Crippen LogP contribution is 2.28. The van der Waals surface area contributed by atoms with E-state index >= 15 is 0 Å². The van der Waals surface area contributed by atoms with Crippen molar-refractivity contribution in [2.75, 3.05) is 13.6 Å². The Hall–Kier alpha value is -2.62. The molecule has 0 spiro atoms. The van der Waals surface area contributed by atoms with Crippen LogP contribution in [0, 0.1) is 20.8 Å². The average molecular weight is 367 g/mol. The molecular weight excluding hydrogens is 336 g/mol. The van der Waals surface area contributed by atoms with Crippen LogP contribution in [0.4, 0.5) is 5.69 Å². The Bertz CT molecular complexity index is 853. The van der Waals surface area contributed by atoms with Gasteiger partial charge in [-0.15, -0.1) is 0 Å². The molecule has 0 unspecified atom stereocenters. The summed E-state index contributed by atoms with van der Waals surface area (Å²) in [5, 5.41) is 0. The summed E-state index contributed by atoms with van der Waals surface area (Å²) in [6, 6.07) is 11.6. The molecule has 0 amide bonds. The van der Waals surface area contributed by atoms with E-state index in [0.29, 0.717) is 11.3 Å². The molecule has 2 aromatic carbocycles. The van der Waals surface area contributed by atoms with E-state index < -0.39 is 5.60 Å². The molecule has 0 aliphatic rings. The van der Waals surface area contributed by atoms with E-state index in [1.165, 1.54) is 0 Å². The van der Waals surface area contributed by atoms with Crippen molar-refractivity contribution >= 4 is 17.8 Å². The van der Waals surface area contributed by atoms with Crippen LogP contribution in [-0.4, -0.2) is 36.2 Å². The second kappa shape index (κ2) is 8.38. The minimum absolute atomic E-state index is 0.0363. The second-order valence-corrected chi connectivity index (χ2v) is 7.53. The third kappa shape index (κ3) is 5.19. The Morgan fingerprint density at radius 3 is 2.48 bits per heavy atom.